The normalized spacial score (nSPS) is 20.6. The third kappa shape index (κ3) is 3.33. The number of methoxy groups -OCH3 is 1. The molecule has 1 fully saturated rings. The van der Waals surface area contributed by atoms with Gasteiger partial charge in [0.2, 0.25) is 0 Å². The summed E-state index contributed by atoms with van der Waals surface area (Å²) in [5.41, 5.74) is 3.89. The fraction of sp³-hybridized carbons (Fsp3) is 0.500. The van der Waals surface area contributed by atoms with Gasteiger partial charge in [0.05, 0.1) is 12.8 Å². The summed E-state index contributed by atoms with van der Waals surface area (Å²) in [5.74, 6) is 2.09. The van der Waals surface area contributed by atoms with Crippen LogP contribution in [0.4, 0.5) is 5.82 Å². The molecule has 5 nitrogen and oxygen atoms in total. The molecular weight excluding hydrogens is 312 g/mol. The van der Waals surface area contributed by atoms with E-state index in [0.717, 1.165) is 44.0 Å². The maximum Gasteiger partial charge on any atom is 0.137 e. The Hall–Kier alpha value is -2.14. The quantitative estimate of drug-likeness (QED) is 0.857. The SMILES string of the molecule is COc1cccc(CC2CCCN2c2ncnc3c2CN(C)CC3)c1. The van der Waals surface area contributed by atoms with Crippen molar-refractivity contribution < 1.29 is 4.74 Å². The van der Waals surface area contributed by atoms with Gasteiger partial charge in [0, 0.05) is 37.7 Å². The Balaban J connectivity index is 1.60. The molecule has 1 aromatic carbocycles. The number of nitrogens with zero attached hydrogens (tertiary/aromatic N) is 4. The second-order valence-electron chi connectivity index (χ2n) is 7.16. The van der Waals surface area contributed by atoms with Gasteiger partial charge in [-0.3, -0.25) is 0 Å². The van der Waals surface area contributed by atoms with Crippen LogP contribution in [0.1, 0.15) is 29.7 Å². The zero-order valence-corrected chi connectivity index (χ0v) is 15.1. The number of hydrogen-bond acceptors (Lipinski definition) is 5. The largest absolute Gasteiger partial charge is 0.497 e. The number of ether oxygens (including phenoxy) is 1. The third-order valence-corrected chi connectivity index (χ3v) is 5.42. The minimum Gasteiger partial charge on any atom is -0.497 e. The van der Waals surface area contributed by atoms with Crippen LogP contribution in [0.25, 0.3) is 0 Å². The molecule has 0 N–H and O–H groups in total. The minimum atomic E-state index is 0.498. The maximum atomic E-state index is 5.38. The van der Waals surface area contributed by atoms with Crippen molar-refractivity contribution in [1.82, 2.24) is 14.9 Å². The van der Waals surface area contributed by atoms with Gasteiger partial charge in [-0.15, -0.1) is 0 Å². The van der Waals surface area contributed by atoms with Crippen LogP contribution in [-0.4, -0.2) is 48.2 Å². The van der Waals surface area contributed by atoms with E-state index in [2.05, 4.69) is 40.0 Å². The zero-order valence-electron chi connectivity index (χ0n) is 15.1. The van der Waals surface area contributed by atoms with E-state index in [4.69, 9.17) is 9.72 Å². The van der Waals surface area contributed by atoms with Gasteiger partial charge in [0.25, 0.3) is 0 Å². The molecule has 0 amide bonds. The standard InChI is InChI=1S/C20H26N4O/c1-23-10-8-19-18(13-23)20(22-14-21-19)24-9-4-6-16(24)11-15-5-3-7-17(12-15)25-2/h3,5,7,12,14,16H,4,6,8-11,13H2,1-2H3. The number of hydrogen-bond donors (Lipinski definition) is 0. The third-order valence-electron chi connectivity index (χ3n) is 5.42. The Kier molecular flexibility index (Phi) is 4.57. The fourth-order valence-corrected chi connectivity index (χ4v) is 4.11. The first-order valence-electron chi connectivity index (χ1n) is 9.15. The molecule has 0 spiro atoms. The van der Waals surface area contributed by atoms with Crippen LogP contribution in [0.5, 0.6) is 5.75 Å². The molecule has 2 aromatic rings. The van der Waals surface area contributed by atoms with Crippen LogP contribution in [0.15, 0.2) is 30.6 Å². The summed E-state index contributed by atoms with van der Waals surface area (Å²) in [7, 11) is 3.90. The first-order chi connectivity index (χ1) is 12.2. The summed E-state index contributed by atoms with van der Waals surface area (Å²) >= 11 is 0. The van der Waals surface area contributed by atoms with Crippen molar-refractivity contribution in [3.05, 3.63) is 47.4 Å². The highest BCUT2D eigenvalue weighted by Gasteiger charge is 2.30. The average molecular weight is 338 g/mol. The molecule has 2 aliphatic heterocycles. The minimum absolute atomic E-state index is 0.498. The highest BCUT2D eigenvalue weighted by Crippen LogP contribution is 2.32. The van der Waals surface area contributed by atoms with Gasteiger partial charge in [-0.2, -0.15) is 0 Å². The first-order valence-corrected chi connectivity index (χ1v) is 9.15. The molecule has 1 unspecified atom stereocenters. The van der Waals surface area contributed by atoms with Crippen LogP contribution in [-0.2, 0) is 19.4 Å². The number of fused-ring (bicyclic) bond motifs is 1. The van der Waals surface area contributed by atoms with Crippen LogP contribution >= 0.6 is 0 Å². The van der Waals surface area contributed by atoms with Gasteiger partial charge in [-0.25, -0.2) is 9.97 Å². The predicted molar refractivity (Wildman–Crippen MR) is 99.1 cm³/mol. The van der Waals surface area contributed by atoms with E-state index in [-0.39, 0.29) is 0 Å². The number of aromatic nitrogens is 2. The van der Waals surface area contributed by atoms with Gasteiger partial charge in [-0.05, 0) is 44.0 Å². The molecular formula is C20H26N4O. The van der Waals surface area contributed by atoms with Crippen molar-refractivity contribution in [1.29, 1.82) is 0 Å². The van der Waals surface area contributed by atoms with Crippen molar-refractivity contribution in [3.63, 3.8) is 0 Å². The number of likely N-dealkylation sites (N-methyl/N-ethyl adjacent to an activating group) is 1. The second kappa shape index (κ2) is 7.00. The summed E-state index contributed by atoms with van der Waals surface area (Å²) < 4.78 is 5.38. The van der Waals surface area contributed by atoms with Gasteiger partial charge >= 0.3 is 0 Å². The molecule has 0 bridgehead atoms. The Labute approximate surface area is 149 Å². The van der Waals surface area contributed by atoms with Crippen LogP contribution in [0, 0.1) is 0 Å². The van der Waals surface area contributed by atoms with Crippen molar-refractivity contribution in [3.8, 4) is 5.75 Å². The summed E-state index contributed by atoms with van der Waals surface area (Å²) in [6.45, 7) is 3.12. The summed E-state index contributed by atoms with van der Waals surface area (Å²) in [6, 6.07) is 8.93. The lowest BCUT2D eigenvalue weighted by molar-refractivity contribution is 0.309. The summed E-state index contributed by atoms with van der Waals surface area (Å²) in [5, 5.41) is 0. The van der Waals surface area contributed by atoms with Crippen LogP contribution < -0.4 is 9.64 Å². The molecule has 2 aliphatic rings. The van der Waals surface area contributed by atoms with E-state index >= 15 is 0 Å². The highest BCUT2D eigenvalue weighted by atomic mass is 16.5. The van der Waals surface area contributed by atoms with E-state index in [1.807, 2.05) is 6.07 Å². The molecule has 132 valence electrons. The molecule has 1 aromatic heterocycles. The van der Waals surface area contributed by atoms with E-state index in [1.54, 1.807) is 13.4 Å². The molecule has 0 aliphatic carbocycles. The Bertz CT molecular complexity index is 748. The van der Waals surface area contributed by atoms with Crippen LogP contribution in [0.2, 0.25) is 0 Å². The van der Waals surface area contributed by atoms with E-state index in [1.165, 1.54) is 29.7 Å². The van der Waals surface area contributed by atoms with Crippen molar-refractivity contribution in [2.24, 2.45) is 0 Å². The Morgan fingerprint density at radius 2 is 2.16 bits per heavy atom. The molecule has 25 heavy (non-hydrogen) atoms. The summed E-state index contributed by atoms with van der Waals surface area (Å²) in [4.78, 5) is 14.1. The molecule has 1 saturated heterocycles. The van der Waals surface area contributed by atoms with Gasteiger partial charge in [0.15, 0.2) is 0 Å². The lowest BCUT2D eigenvalue weighted by atomic mass is 10.0. The van der Waals surface area contributed by atoms with E-state index < -0.39 is 0 Å². The van der Waals surface area contributed by atoms with Gasteiger partial charge in [0.1, 0.15) is 17.9 Å². The topological polar surface area (TPSA) is 41.5 Å². The Morgan fingerprint density at radius 1 is 1.24 bits per heavy atom. The molecule has 1 atom stereocenters. The smallest absolute Gasteiger partial charge is 0.137 e. The van der Waals surface area contributed by atoms with Gasteiger partial charge < -0.3 is 14.5 Å². The van der Waals surface area contributed by atoms with Crippen molar-refractivity contribution in [2.45, 2.75) is 38.3 Å². The van der Waals surface area contributed by atoms with Gasteiger partial charge in [-0.1, -0.05) is 12.1 Å². The van der Waals surface area contributed by atoms with E-state index in [9.17, 15) is 0 Å². The highest BCUT2D eigenvalue weighted by molar-refractivity contribution is 5.51. The maximum absolute atomic E-state index is 5.38. The summed E-state index contributed by atoms with van der Waals surface area (Å²) in [6.07, 6.45) is 6.25. The molecule has 4 rings (SSSR count). The van der Waals surface area contributed by atoms with Crippen LogP contribution in [0.3, 0.4) is 0 Å². The Morgan fingerprint density at radius 3 is 3.04 bits per heavy atom. The number of rotatable bonds is 4. The molecule has 3 heterocycles. The monoisotopic (exact) mass is 338 g/mol. The lowest BCUT2D eigenvalue weighted by Gasteiger charge is -2.32. The molecule has 0 radical (unpaired) electrons. The average Bonchev–Trinajstić information content (AvgIpc) is 3.09. The predicted octanol–water partition coefficient (Wildman–Crippen LogP) is 2.68. The molecule has 5 heteroatoms. The van der Waals surface area contributed by atoms with Crippen molar-refractivity contribution >= 4 is 5.82 Å². The number of benzene rings is 1. The lowest BCUT2D eigenvalue weighted by Crippen LogP contribution is -2.35. The zero-order chi connectivity index (χ0) is 17.2. The fourth-order valence-electron chi connectivity index (χ4n) is 4.11. The molecule has 0 saturated carbocycles. The second-order valence-corrected chi connectivity index (χ2v) is 7.16. The number of anilines is 1. The first kappa shape index (κ1) is 16.3. The van der Waals surface area contributed by atoms with E-state index in [0.29, 0.717) is 6.04 Å². The van der Waals surface area contributed by atoms with Crippen molar-refractivity contribution in [2.75, 3.05) is 32.1 Å².